The monoisotopic (exact) mass is 219 g/mol. The molecule has 0 aliphatic rings. The van der Waals surface area contributed by atoms with E-state index in [2.05, 4.69) is 6.58 Å². The number of benzene rings is 1. The second-order valence-electron chi connectivity index (χ2n) is 4.39. The summed E-state index contributed by atoms with van der Waals surface area (Å²) in [7, 11) is 0. The highest BCUT2D eigenvalue weighted by atomic mass is 16.5. The van der Waals surface area contributed by atoms with Crippen molar-refractivity contribution in [2.75, 3.05) is 0 Å². The lowest BCUT2D eigenvalue weighted by Gasteiger charge is -2.22. The van der Waals surface area contributed by atoms with E-state index in [1.807, 2.05) is 26.0 Å². The maximum atomic E-state index is 11.4. The van der Waals surface area contributed by atoms with E-state index < -0.39 is 11.5 Å². The van der Waals surface area contributed by atoms with Gasteiger partial charge in [-0.2, -0.15) is 0 Å². The molecule has 0 unspecified atom stereocenters. The summed E-state index contributed by atoms with van der Waals surface area (Å²) in [6.45, 7) is 8.87. The summed E-state index contributed by atoms with van der Waals surface area (Å²) >= 11 is 0. The van der Waals surface area contributed by atoms with Gasteiger partial charge >= 0.3 is 5.97 Å². The summed E-state index contributed by atoms with van der Waals surface area (Å²) in [6.07, 6.45) is 0. The third-order valence-electron chi connectivity index (χ3n) is 2.13. The van der Waals surface area contributed by atoms with E-state index in [-0.39, 0.29) is 0 Å². The van der Waals surface area contributed by atoms with Crippen molar-refractivity contribution in [2.24, 2.45) is 5.73 Å². The van der Waals surface area contributed by atoms with Crippen LogP contribution in [0.4, 0.5) is 0 Å². The Hall–Kier alpha value is -1.61. The number of ether oxygens (including phenoxy) is 1. The number of carbonyl (C=O) groups excluding carboxylic acids is 1. The standard InChI is InChI=1S/C13H17NO2/c1-9(2)12(15)16-11-8-6-5-7-10(11)13(3,4)14/h5-8H,1,14H2,2-4H3. The minimum absolute atomic E-state index is 0.365. The van der Waals surface area contributed by atoms with Crippen molar-refractivity contribution in [2.45, 2.75) is 26.3 Å². The van der Waals surface area contributed by atoms with Crippen LogP contribution in [0.25, 0.3) is 0 Å². The molecular formula is C13H17NO2. The first kappa shape index (κ1) is 12.5. The summed E-state index contributed by atoms with van der Waals surface area (Å²) in [6, 6.07) is 7.24. The van der Waals surface area contributed by atoms with Crippen molar-refractivity contribution >= 4 is 5.97 Å². The van der Waals surface area contributed by atoms with E-state index in [4.69, 9.17) is 10.5 Å². The van der Waals surface area contributed by atoms with Crippen LogP contribution >= 0.6 is 0 Å². The van der Waals surface area contributed by atoms with Crippen molar-refractivity contribution in [3.63, 3.8) is 0 Å². The molecule has 1 aromatic carbocycles. The SMILES string of the molecule is C=C(C)C(=O)Oc1ccccc1C(C)(C)N. The van der Waals surface area contributed by atoms with E-state index in [9.17, 15) is 4.79 Å². The molecule has 0 radical (unpaired) electrons. The van der Waals surface area contributed by atoms with Gasteiger partial charge in [-0.15, -0.1) is 0 Å². The Morgan fingerprint density at radius 2 is 1.94 bits per heavy atom. The summed E-state index contributed by atoms with van der Waals surface area (Å²) in [4.78, 5) is 11.4. The number of hydrogen-bond donors (Lipinski definition) is 1. The van der Waals surface area contributed by atoms with Gasteiger partial charge in [-0.25, -0.2) is 4.79 Å². The van der Waals surface area contributed by atoms with Crippen molar-refractivity contribution < 1.29 is 9.53 Å². The average Bonchev–Trinajstić information content (AvgIpc) is 2.16. The van der Waals surface area contributed by atoms with Gasteiger partial charge in [-0.05, 0) is 26.8 Å². The van der Waals surface area contributed by atoms with Crippen LogP contribution in [0.15, 0.2) is 36.4 Å². The van der Waals surface area contributed by atoms with Gasteiger partial charge in [-0.3, -0.25) is 0 Å². The van der Waals surface area contributed by atoms with Crippen LogP contribution in [-0.2, 0) is 10.3 Å². The Labute approximate surface area is 95.9 Å². The maximum absolute atomic E-state index is 11.4. The molecule has 16 heavy (non-hydrogen) atoms. The highest BCUT2D eigenvalue weighted by molar-refractivity contribution is 5.89. The number of esters is 1. The highest BCUT2D eigenvalue weighted by Crippen LogP contribution is 2.27. The summed E-state index contributed by atoms with van der Waals surface area (Å²) in [5, 5.41) is 0. The van der Waals surface area contributed by atoms with Crippen LogP contribution < -0.4 is 10.5 Å². The zero-order valence-corrected chi connectivity index (χ0v) is 9.91. The third kappa shape index (κ3) is 2.94. The number of hydrogen-bond acceptors (Lipinski definition) is 3. The summed E-state index contributed by atoms with van der Waals surface area (Å²) < 4.78 is 5.21. The third-order valence-corrected chi connectivity index (χ3v) is 2.13. The molecule has 0 atom stereocenters. The molecule has 0 aromatic heterocycles. The summed E-state index contributed by atoms with van der Waals surface area (Å²) in [5.41, 5.74) is 6.61. The first-order chi connectivity index (χ1) is 7.32. The molecule has 0 aliphatic heterocycles. The molecule has 0 fully saturated rings. The lowest BCUT2D eigenvalue weighted by Crippen LogP contribution is -2.29. The Morgan fingerprint density at radius 1 is 1.38 bits per heavy atom. The second-order valence-corrected chi connectivity index (χ2v) is 4.39. The van der Waals surface area contributed by atoms with Gasteiger partial charge in [0, 0.05) is 16.7 Å². The molecule has 0 aliphatic carbocycles. The van der Waals surface area contributed by atoms with Gasteiger partial charge in [0.05, 0.1) is 0 Å². The van der Waals surface area contributed by atoms with E-state index in [0.29, 0.717) is 11.3 Å². The Bertz CT molecular complexity index is 416. The highest BCUT2D eigenvalue weighted by Gasteiger charge is 2.20. The van der Waals surface area contributed by atoms with Crippen LogP contribution in [0.5, 0.6) is 5.75 Å². The predicted octanol–water partition coefficient (Wildman–Crippen LogP) is 2.36. The second kappa shape index (κ2) is 4.49. The quantitative estimate of drug-likeness (QED) is 0.482. The molecule has 0 bridgehead atoms. The van der Waals surface area contributed by atoms with Crippen molar-refractivity contribution in [1.82, 2.24) is 0 Å². The molecule has 0 heterocycles. The fourth-order valence-corrected chi connectivity index (χ4v) is 1.27. The Kier molecular flexibility index (Phi) is 3.50. The lowest BCUT2D eigenvalue weighted by molar-refractivity contribution is -0.130. The first-order valence-electron chi connectivity index (χ1n) is 5.08. The molecule has 86 valence electrons. The van der Waals surface area contributed by atoms with Gasteiger partial charge in [0.25, 0.3) is 0 Å². The van der Waals surface area contributed by atoms with Crippen LogP contribution in [0.2, 0.25) is 0 Å². The van der Waals surface area contributed by atoms with Crippen molar-refractivity contribution in [3.8, 4) is 5.75 Å². The molecule has 0 saturated heterocycles. The number of para-hydroxylation sites is 1. The van der Waals surface area contributed by atoms with Crippen molar-refractivity contribution in [1.29, 1.82) is 0 Å². The topological polar surface area (TPSA) is 52.3 Å². The molecule has 0 saturated carbocycles. The first-order valence-corrected chi connectivity index (χ1v) is 5.08. The van der Waals surface area contributed by atoms with Crippen LogP contribution in [0.1, 0.15) is 26.3 Å². The van der Waals surface area contributed by atoms with Gasteiger partial charge in [-0.1, -0.05) is 24.8 Å². The molecule has 3 nitrogen and oxygen atoms in total. The zero-order valence-electron chi connectivity index (χ0n) is 9.91. The van der Waals surface area contributed by atoms with Gasteiger partial charge in [0.1, 0.15) is 5.75 Å². The zero-order chi connectivity index (χ0) is 12.3. The molecule has 1 rings (SSSR count). The minimum atomic E-state index is -0.550. The normalized spacial score (nSPS) is 11.0. The average molecular weight is 219 g/mol. The van der Waals surface area contributed by atoms with E-state index >= 15 is 0 Å². The largest absolute Gasteiger partial charge is 0.423 e. The molecule has 2 N–H and O–H groups in total. The van der Waals surface area contributed by atoms with E-state index in [1.54, 1.807) is 19.1 Å². The van der Waals surface area contributed by atoms with Gasteiger partial charge < -0.3 is 10.5 Å². The lowest BCUT2D eigenvalue weighted by atomic mass is 9.95. The number of nitrogens with two attached hydrogens (primary N) is 1. The Morgan fingerprint density at radius 3 is 2.44 bits per heavy atom. The number of carbonyl (C=O) groups is 1. The van der Waals surface area contributed by atoms with Crippen LogP contribution in [0, 0.1) is 0 Å². The smallest absolute Gasteiger partial charge is 0.338 e. The van der Waals surface area contributed by atoms with Crippen LogP contribution in [-0.4, -0.2) is 5.97 Å². The molecule has 3 heteroatoms. The maximum Gasteiger partial charge on any atom is 0.338 e. The van der Waals surface area contributed by atoms with Gasteiger partial charge in [0.2, 0.25) is 0 Å². The van der Waals surface area contributed by atoms with E-state index in [0.717, 1.165) is 5.56 Å². The minimum Gasteiger partial charge on any atom is -0.423 e. The van der Waals surface area contributed by atoms with Crippen molar-refractivity contribution in [3.05, 3.63) is 42.0 Å². The molecular weight excluding hydrogens is 202 g/mol. The molecule has 0 amide bonds. The molecule has 0 spiro atoms. The summed E-state index contributed by atoms with van der Waals surface area (Å²) in [5.74, 6) is 0.0553. The fraction of sp³-hybridized carbons (Fsp3) is 0.308. The van der Waals surface area contributed by atoms with Crippen LogP contribution in [0.3, 0.4) is 0 Å². The van der Waals surface area contributed by atoms with E-state index in [1.165, 1.54) is 0 Å². The fourth-order valence-electron chi connectivity index (χ4n) is 1.27. The Balaban J connectivity index is 3.05. The molecule has 1 aromatic rings. The van der Waals surface area contributed by atoms with Gasteiger partial charge in [0.15, 0.2) is 0 Å². The predicted molar refractivity (Wildman–Crippen MR) is 64.1 cm³/mol. The number of rotatable bonds is 3.